The van der Waals surface area contributed by atoms with E-state index in [2.05, 4.69) is 22.1 Å². The molecule has 0 saturated carbocycles. The molecule has 9 nitrogen and oxygen atoms in total. The Hall–Kier alpha value is -3.63. The number of carbonyl (C=O) groups is 3. The van der Waals surface area contributed by atoms with Gasteiger partial charge in [-0.1, -0.05) is 29.4 Å². The van der Waals surface area contributed by atoms with Gasteiger partial charge in [0.25, 0.3) is 0 Å². The van der Waals surface area contributed by atoms with Crippen LogP contribution in [0.15, 0.2) is 60.3 Å². The number of aromatic nitrogens is 3. The molecule has 1 aromatic heterocycles. The molecule has 34 heavy (non-hydrogen) atoms. The smallest absolute Gasteiger partial charge is 0.339 e. The summed E-state index contributed by atoms with van der Waals surface area (Å²) in [7, 11) is 2.46. The average Bonchev–Trinajstić information content (AvgIpc) is 3.24. The lowest BCUT2D eigenvalue weighted by Crippen LogP contribution is -2.18. The molecule has 0 atom stereocenters. The van der Waals surface area contributed by atoms with E-state index in [0.29, 0.717) is 22.5 Å². The van der Waals surface area contributed by atoms with Gasteiger partial charge < -0.3 is 14.8 Å². The first-order valence-corrected chi connectivity index (χ1v) is 11.3. The van der Waals surface area contributed by atoms with Crippen LogP contribution >= 0.6 is 23.4 Å². The zero-order valence-corrected chi connectivity index (χ0v) is 20.0. The lowest BCUT2D eigenvalue weighted by molar-refractivity contribution is -0.113. The maximum atomic E-state index is 12.7. The minimum atomic E-state index is -0.655. The van der Waals surface area contributed by atoms with E-state index in [4.69, 9.17) is 21.1 Å². The molecule has 0 saturated heterocycles. The first-order chi connectivity index (χ1) is 16.4. The van der Waals surface area contributed by atoms with E-state index in [1.54, 1.807) is 18.2 Å². The van der Waals surface area contributed by atoms with Crippen molar-refractivity contribution in [1.29, 1.82) is 0 Å². The summed E-state index contributed by atoms with van der Waals surface area (Å²) in [5, 5.41) is 12.2. The molecule has 0 aliphatic carbocycles. The van der Waals surface area contributed by atoms with Crippen molar-refractivity contribution in [1.82, 2.24) is 14.8 Å². The third kappa shape index (κ3) is 5.83. The van der Waals surface area contributed by atoms with Gasteiger partial charge in [0.1, 0.15) is 0 Å². The Morgan fingerprint density at radius 2 is 1.79 bits per heavy atom. The Balaban J connectivity index is 1.79. The first-order valence-electron chi connectivity index (χ1n) is 9.91. The largest absolute Gasteiger partial charge is 0.465 e. The Bertz CT molecular complexity index is 1230. The van der Waals surface area contributed by atoms with Crippen molar-refractivity contribution < 1.29 is 23.9 Å². The molecule has 0 aliphatic rings. The van der Waals surface area contributed by atoms with Crippen LogP contribution in [0.4, 0.5) is 5.69 Å². The highest BCUT2D eigenvalue weighted by Crippen LogP contribution is 2.26. The fourth-order valence-corrected chi connectivity index (χ4v) is 3.87. The number of amides is 1. The van der Waals surface area contributed by atoms with Crippen LogP contribution in [0, 0.1) is 0 Å². The molecule has 176 valence electrons. The molecule has 3 aromatic rings. The number of rotatable bonds is 9. The van der Waals surface area contributed by atoms with Crippen LogP contribution in [-0.2, 0) is 20.8 Å². The summed E-state index contributed by atoms with van der Waals surface area (Å²) < 4.78 is 11.3. The molecule has 11 heteroatoms. The van der Waals surface area contributed by atoms with Gasteiger partial charge in [-0.25, -0.2) is 9.59 Å². The summed E-state index contributed by atoms with van der Waals surface area (Å²) in [6.07, 6.45) is 1.70. The number of anilines is 1. The van der Waals surface area contributed by atoms with Gasteiger partial charge in [0, 0.05) is 17.1 Å². The fraction of sp³-hybridized carbons (Fsp3) is 0.174. The third-order valence-corrected chi connectivity index (χ3v) is 5.80. The van der Waals surface area contributed by atoms with E-state index < -0.39 is 17.8 Å². The van der Waals surface area contributed by atoms with Crippen molar-refractivity contribution in [3.63, 3.8) is 0 Å². The minimum Gasteiger partial charge on any atom is -0.465 e. The highest BCUT2D eigenvalue weighted by atomic mass is 35.5. The lowest BCUT2D eigenvalue weighted by Gasteiger charge is -2.12. The number of benzene rings is 2. The van der Waals surface area contributed by atoms with Crippen molar-refractivity contribution in [3.05, 3.63) is 71.3 Å². The van der Waals surface area contributed by atoms with Gasteiger partial charge >= 0.3 is 11.9 Å². The number of esters is 2. The van der Waals surface area contributed by atoms with Crippen LogP contribution < -0.4 is 5.32 Å². The molecule has 0 bridgehead atoms. The number of nitrogens with one attached hydrogen (secondary N) is 1. The van der Waals surface area contributed by atoms with Gasteiger partial charge in [0.05, 0.1) is 36.8 Å². The lowest BCUT2D eigenvalue weighted by atomic mass is 10.1. The van der Waals surface area contributed by atoms with Crippen LogP contribution in [0.5, 0.6) is 0 Å². The SMILES string of the molecule is C=CCn1c(SCC(=O)Nc2cc(C(=O)OC)ccc2C(=O)OC)nnc1-c1ccc(Cl)cc1. The van der Waals surface area contributed by atoms with Crippen molar-refractivity contribution >= 4 is 46.9 Å². The minimum absolute atomic E-state index is 0.0288. The monoisotopic (exact) mass is 500 g/mol. The van der Waals surface area contributed by atoms with Crippen molar-refractivity contribution in [3.8, 4) is 11.4 Å². The first kappa shape index (κ1) is 25.0. The number of allylic oxidation sites excluding steroid dienone is 1. The number of hydrogen-bond acceptors (Lipinski definition) is 8. The molecule has 3 rings (SSSR count). The maximum Gasteiger partial charge on any atom is 0.339 e. The van der Waals surface area contributed by atoms with Gasteiger partial charge in [-0.15, -0.1) is 16.8 Å². The summed E-state index contributed by atoms with van der Waals surface area (Å²) in [5.74, 6) is -1.10. The molecule has 0 fully saturated rings. The number of carbonyl (C=O) groups excluding carboxylic acids is 3. The molecule has 1 amide bonds. The van der Waals surface area contributed by atoms with E-state index in [9.17, 15) is 14.4 Å². The molecular formula is C23H21ClN4O5S. The summed E-state index contributed by atoms with van der Waals surface area (Å²) in [4.78, 5) is 36.6. The Morgan fingerprint density at radius 3 is 2.44 bits per heavy atom. The highest BCUT2D eigenvalue weighted by molar-refractivity contribution is 7.99. The van der Waals surface area contributed by atoms with E-state index in [1.165, 1.54) is 32.4 Å². The quantitative estimate of drug-likeness (QED) is 0.265. The summed E-state index contributed by atoms with van der Waals surface area (Å²) >= 11 is 7.13. The normalized spacial score (nSPS) is 10.4. The predicted octanol–water partition coefficient (Wildman–Crippen LogP) is 4.09. The van der Waals surface area contributed by atoms with Gasteiger partial charge in [-0.3, -0.25) is 9.36 Å². The Morgan fingerprint density at radius 1 is 1.09 bits per heavy atom. The molecule has 1 heterocycles. The Kier molecular flexibility index (Phi) is 8.44. The van der Waals surface area contributed by atoms with Crippen LogP contribution in [0.25, 0.3) is 11.4 Å². The molecule has 0 aliphatic heterocycles. The molecule has 0 radical (unpaired) electrons. The Labute approximate surface area is 205 Å². The number of halogens is 1. The van der Waals surface area contributed by atoms with Crippen LogP contribution in [0.2, 0.25) is 5.02 Å². The summed E-state index contributed by atoms with van der Waals surface area (Å²) in [5.41, 5.74) is 1.23. The molecular weight excluding hydrogens is 480 g/mol. The number of nitrogens with zero attached hydrogens (tertiary/aromatic N) is 3. The number of ether oxygens (including phenoxy) is 2. The second-order valence-electron chi connectivity index (χ2n) is 6.79. The van der Waals surface area contributed by atoms with Gasteiger partial charge in [-0.2, -0.15) is 0 Å². The van der Waals surface area contributed by atoms with Crippen molar-refractivity contribution in [2.75, 3.05) is 25.3 Å². The van der Waals surface area contributed by atoms with Crippen molar-refractivity contribution in [2.24, 2.45) is 0 Å². The third-order valence-electron chi connectivity index (χ3n) is 4.58. The molecule has 0 unspecified atom stereocenters. The van der Waals surface area contributed by atoms with Gasteiger partial charge in [-0.05, 0) is 42.5 Å². The van der Waals surface area contributed by atoms with E-state index >= 15 is 0 Å². The molecule has 2 aromatic carbocycles. The summed E-state index contributed by atoms with van der Waals surface area (Å²) in [6.45, 7) is 4.21. The maximum absolute atomic E-state index is 12.7. The second-order valence-corrected chi connectivity index (χ2v) is 8.17. The fourth-order valence-electron chi connectivity index (χ4n) is 3.00. The second kappa shape index (κ2) is 11.5. The van der Waals surface area contributed by atoms with Crippen LogP contribution in [0.3, 0.4) is 0 Å². The number of hydrogen-bond donors (Lipinski definition) is 1. The summed E-state index contributed by atoms with van der Waals surface area (Å²) in [6, 6.07) is 11.3. The van der Waals surface area contributed by atoms with E-state index in [-0.39, 0.29) is 22.6 Å². The predicted molar refractivity (Wildman–Crippen MR) is 129 cm³/mol. The van der Waals surface area contributed by atoms with Gasteiger partial charge in [0.15, 0.2) is 11.0 Å². The van der Waals surface area contributed by atoms with E-state index in [0.717, 1.165) is 17.3 Å². The topological polar surface area (TPSA) is 112 Å². The van der Waals surface area contributed by atoms with Gasteiger partial charge in [0.2, 0.25) is 5.91 Å². The zero-order chi connectivity index (χ0) is 24.7. The van der Waals surface area contributed by atoms with E-state index in [1.807, 2.05) is 16.7 Å². The zero-order valence-electron chi connectivity index (χ0n) is 18.4. The molecule has 1 N–H and O–H groups in total. The van der Waals surface area contributed by atoms with Crippen molar-refractivity contribution in [2.45, 2.75) is 11.7 Å². The average molecular weight is 501 g/mol. The number of thioether (sulfide) groups is 1. The van der Waals surface area contributed by atoms with Crippen LogP contribution in [0.1, 0.15) is 20.7 Å². The highest BCUT2D eigenvalue weighted by Gasteiger charge is 2.19. The molecule has 0 spiro atoms. The number of methoxy groups -OCH3 is 2. The van der Waals surface area contributed by atoms with Crippen LogP contribution in [-0.4, -0.2) is 52.6 Å². The standard InChI is InChI=1S/C23H21ClN4O5S/c1-4-11-28-20(14-5-8-16(24)9-6-14)26-27-23(28)34-13-19(29)25-18-12-15(21(30)32-2)7-10-17(18)22(31)33-3/h4-10,12H,1,11,13H2,2-3H3,(H,25,29).